The van der Waals surface area contributed by atoms with Crippen LogP contribution in [-0.4, -0.2) is 21.4 Å². The van der Waals surface area contributed by atoms with Crippen LogP contribution in [-0.2, 0) is 11.8 Å². The highest BCUT2D eigenvalue weighted by Gasteiger charge is 2.42. The quantitative estimate of drug-likeness (QED) is 0.332. The van der Waals surface area contributed by atoms with Crippen LogP contribution < -0.4 is 10.2 Å². The van der Waals surface area contributed by atoms with E-state index in [1.165, 1.54) is 6.07 Å². The van der Waals surface area contributed by atoms with Gasteiger partial charge in [-0.25, -0.2) is 0 Å². The van der Waals surface area contributed by atoms with Crippen molar-refractivity contribution in [3.63, 3.8) is 0 Å². The predicted octanol–water partition coefficient (Wildman–Crippen LogP) is 4.63. The predicted molar refractivity (Wildman–Crippen MR) is 111 cm³/mol. The Morgan fingerprint density at radius 3 is 2.52 bits per heavy atom. The van der Waals surface area contributed by atoms with Crippen LogP contribution in [0.15, 0.2) is 33.0 Å². The summed E-state index contributed by atoms with van der Waals surface area (Å²) < 4.78 is 11.9. The Bertz CT molecular complexity index is 1260. The molecular weight excluding hydrogens is 372 g/mol. The number of benzene rings is 2. The molecule has 0 radical (unpaired) electrons. The molecular formula is C23H24O6. The SMILES string of the molecule is CC(C)=CCc1c(O)c(O)cc2c(=O)c3c(O)c4c(cc3oc12)OC(C)C4(C)C. The molecule has 1 unspecified atom stereocenters. The minimum Gasteiger partial charge on any atom is -0.507 e. The summed E-state index contributed by atoms with van der Waals surface area (Å²) in [7, 11) is 0. The van der Waals surface area contributed by atoms with Gasteiger partial charge in [-0.1, -0.05) is 25.5 Å². The molecule has 0 bridgehead atoms. The van der Waals surface area contributed by atoms with Crippen LogP contribution >= 0.6 is 0 Å². The first-order chi connectivity index (χ1) is 13.5. The van der Waals surface area contributed by atoms with Crippen molar-refractivity contribution in [1.82, 2.24) is 0 Å². The molecule has 1 aliphatic rings. The number of phenols is 3. The van der Waals surface area contributed by atoms with Gasteiger partial charge >= 0.3 is 0 Å². The zero-order valence-electron chi connectivity index (χ0n) is 17.1. The average Bonchev–Trinajstić information content (AvgIpc) is 2.85. The number of aromatic hydroxyl groups is 3. The standard InChI is InChI=1S/C23H24O6/c1-10(2)6-7-12-19(25)14(24)8-13-20(26)17-15(29-22(12)13)9-16-18(21(17)27)23(4,5)11(3)28-16/h6,8-9,11,24-25,27H,7H2,1-5H3. The van der Waals surface area contributed by atoms with Gasteiger partial charge in [0.05, 0.1) is 5.39 Å². The van der Waals surface area contributed by atoms with Gasteiger partial charge in [0, 0.05) is 22.6 Å². The van der Waals surface area contributed by atoms with E-state index in [9.17, 15) is 20.1 Å². The Morgan fingerprint density at radius 2 is 1.86 bits per heavy atom. The second-order valence-electron chi connectivity index (χ2n) is 8.47. The molecule has 6 heteroatoms. The summed E-state index contributed by atoms with van der Waals surface area (Å²) in [6, 6.07) is 2.80. The third-order valence-corrected chi connectivity index (χ3v) is 5.92. The number of allylic oxidation sites excluding steroid dienone is 2. The summed E-state index contributed by atoms with van der Waals surface area (Å²) >= 11 is 0. The molecule has 0 fully saturated rings. The van der Waals surface area contributed by atoms with Crippen molar-refractivity contribution in [3.05, 3.63) is 45.1 Å². The van der Waals surface area contributed by atoms with Gasteiger partial charge in [-0.15, -0.1) is 0 Å². The molecule has 3 aromatic rings. The number of hydrogen-bond acceptors (Lipinski definition) is 6. The molecule has 1 aromatic heterocycles. The molecule has 2 heterocycles. The second kappa shape index (κ2) is 6.17. The van der Waals surface area contributed by atoms with Crippen LogP contribution in [0.5, 0.6) is 23.0 Å². The van der Waals surface area contributed by atoms with Crippen LogP contribution in [0.2, 0.25) is 0 Å². The fraction of sp³-hybridized carbons (Fsp3) is 0.348. The Kier molecular flexibility index (Phi) is 4.08. The highest BCUT2D eigenvalue weighted by atomic mass is 16.5. The second-order valence-corrected chi connectivity index (χ2v) is 8.47. The average molecular weight is 396 g/mol. The van der Waals surface area contributed by atoms with E-state index < -0.39 is 16.6 Å². The first kappa shape index (κ1) is 19.2. The van der Waals surface area contributed by atoms with Crippen molar-refractivity contribution in [1.29, 1.82) is 0 Å². The topological polar surface area (TPSA) is 100 Å². The van der Waals surface area contributed by atoms with Gasteiger partial charge in [-0.05, 0) is 33.3 Å². The van der Waals surface area contributed by atoms with Crippen LogP contribution in [0.25, 0.3) is 21.9 Å². The van der Waals surface area contributed by atoms with Crippen LogP contribution in [0.4, 0.5) is 0 Å². The van der Waals surface area contributed by atoms with Crippen LogP contribution in [0.1, 0.15) is 45.7 Å². The molecule has 0 amide bonds. The van der Waals surface area contributed by atoms with Gasteiger partial charge in [0.25, 0.3) is 0 Å². The molecule has 6 nitrogen and oxygen atoms in total. The summed E-state index contributed by atoms with van der Waals surface area (Å²) in [6.07, 6.45) is 1.96. The maximum absolute atomic E-state index is 13.3. The Hall–Kier alpha value is -3.15. The fourth-order valence-corrected chi connectivity index (χ4v) is 3.90. The van der Waals surface area contributed by atoms with Crippen molar-refractivity contribution in [3.8, 4) is 23.0 Å². The van der Waals surface area contributed by atoms with E-state index in [-0.39, 0.29) is 46.0 Å². The molecule has 0 spiro atoms. The van der Waals surface area contributed by atoms with E-state index in [1.54, 1.807) is 6.07 Å². The lowest BCUT2D eigenvalue weighted by atomic mass is 9.80. The molecule has 1 aliphatic heterocycles. The largest absolute Gasteiger partial charge is 0.507 e. The minimum absolute atomic E-state index is 0.0419. The highest BCUT2D eigenvalue weighted by Crippen LogP contribution is 2.50. The first-order valence-electron chi connectivity index (χ1n) is 9.54. The lowest BCUT2D eigenvalue weighted by molar-refractivity contribution is 0.185. The maximum Gasteiger partial charge on any atom is 0.204 e. The van der Waals surface area contributed by atoms with E-state index in [0.29, 0.717) is 16.9 Å². The normalized spacial score (nSPS) is 17.3. The van der Waals surface area contributed by atoms with E-state index in [4.69, 9.17) is 9.15 Å². The third-order valence-electron chi connectivity index (χ3n) is 5.92. The van der Waals surface area contributed by atoms with Gasteiger partial charge in [0.1, 0.15) is 34.2 Å². The molecule has 0 aliphatic carbocycles. The van der Waals surface area contributed by atoms with Gasteiger partial charge in [0.2, 0.25) is 5.43 Å². The van der Waals surface area contributed by atoms with Crippen LogP contribution in [0, 0.1) is 0 Å². The summed E-state index contributed by atoms with van der Waals surface area (Å²) in [6.45, 7) is 9.62. The number of ether oxygens (including phenoxy) is 1. The van der Waals surface area contributed by atoms with E-state index in [0.717, 1.165) is 5.57 Å². The molecule has 4 rings (SSSR count). The van der Waals surface area contributed by atoms with Gasteiger partial charge < -0.3 is 24.5 Å². The summed E-state index contributed by atoms with van der Waals surface area (Å²) in [5.41, 5.74) is 1.30. The summed E-state index contributed by atoms with van der Waals surface area (Å²) in [5, 5.41) is 31.7. The van der Waals surface area contributed by atoms with Crippen molar-refractivity contribution in [2.45, 2.75) is 52.6 Å². The summed E-state index contributed by atoms with van der Waals surface area (Å²) in [4.78, 5) is 13.3. The Balaban J connectivity index is 2.13. The molecule has 152 valence electrons. The zero-order chi connectivity index (χ0) is 21.2. The number of rotatable bonds is 2. The van der Waals surface area contributed by atoms with Crippen molar-refractivity contribution < 1.29 is 24.5 Å². The monoisotopic (exact) mass is 396 g/mol. The molecule has 1 atom stereocenters. The number of hydrogen-bond donors (Lipinski definition) is 3. The van der Waals surface area contributed by atoms with Gasteiger partial charge in [0.15, 0.2) is 11.5 Å². The Labute approximate surface area is 167 Å². The van der Waals surface area contributed by atoms with Crippen molar-refractivity contribution >= 4 is 21.9 Å². The zero-order valence-corrected chi connectivity index (χ0v) is 17.1. The van der Waals surface area contributed by atoms with E-state index >= 15 is 0 Å². The van der Waals surface area contributed by atoms with Crippen molar-refractivity contribution in [2.75, 3.05) is 0 Å². The minimum atomic E-state index is -0.485. The fourth-order valence-electron chi connectivity index (χ4n) is 3.90. The highest BCUT2D eigenvalue weighted by molar-refractivity contribution is 5.97. The molecule has 2 aromatic carbocycles. The van der Waals surface area contributed by atoms with E-state index in [2.05, 4.69) is 0 Å². The maximum atomic E-state index is 13.3. The van der Waals surface area contributed by atoms with Crippen LogP contribution in [0.3, 0.4) is 0 Å². The van der Waals surface area contributed by atoms with E-state index in [1.807, 2.05) is 40.7 Å². The van der Waals surface area contributed by atoms with Gasteiger partial charge in [-0.3, -0.25) is 4.79 Å². The lowest BCUT2D eigenvalue weighted by Crippen LogP contribution is -2.29. The molecule has 3 N–H and O–H groups in total. The summed E-state index contributed by atoms with van der Waals surface area (Å²) in [5.74, 6) is -0.419. The van der Waals surface area contributed by atoms with Crippen molar-refractivity contribution in [2.24, 2.45) is 0 Å². The smallest absolute Gasteiger partial charge is 0.204 e. The molecule has 0 saturated heterocycles. The number of phenolic OH excluding ortho intramolecular Hbond substituents is 3. The first-order valence-corrected chi connectivity index (χ1v) is 9.54. The Morgan fingerprint density at radius 1 is 1.17 bits per heavy atom. The lowest BCUT2D eigenvalue weighted by Gasteiger charge is -2.22. The van der Waals surface area contributed by atoms with Gasteiger partial charge in [-0.2, -0.15) is 0 Å². The molecule has 29 heavy (non-hydrogen) atoms. The number of fused-ring (bicyclic) bond motifs is 3. The molecule has 0 saturated carbocycles. The third kappa shape index (κ3) is 2.66.